The molecule has 198 valence electrons. The largest absolute Gasteiger partial charge is 0.461 e. The Morgan fingerprint density at radius 3 is 2.08 bits per heavy atom. The Morgan fingerprint density at radius 1 is 0.889 bits per heavy atom. The number of nitrogens with one attached hydrogen (secondary N) is 3. The Kier molecular flexibility index (Phi) is 15.5. The molecule has 0 aromatic heterocycles. The molecule has 0 saturated carbocycles. The minimum Gasteiger partial charge on any atom is -0.461 e. The normalized spacial score (nSPS) is 11.9. The van der Waals surface area contributed by atoms with Crippen LogP contribution < -0.4 is 21.7 Å². The van der Waals surface area contributed by atoms with Crippen LogP contribution in [0, 0.1) is 0 Å². The Hall–Kier alpha value is -3.23. The molecule has 0 saturated heterocycles. The van der Waals surface area contributed by atoms with E-state index in [1.165, 1.54) is 13.3 Å². The SMILES string of the molecule is CCC.CNC(Cc1ccccc1)C(=O)N[C@@H](CCCCN)C(=O)Nc1ccc(COC(C)=O)cc1. The van der Waals surface area contributed by atoms with Crippen LogP contribution >= 0.6 is 0 Å². The number of likely N-dealkylation sites (N-methyl/N-ethyl adjacent to an activating group) is 1. The van der Waals surface area contributed by atoms with Crippen molar-refractivity contribution >= 4 is 23.5 Å². The molecule has 2 rings (SSSR count). The summed E-state index contributed by atoms with van der Waals surface area (Å²) in [6.07, 6.45) is 3.74. The van der Waals surface area contributed by atoms with E-state index in [4.69, 9.17) is 10.5 Å². The summed E-state index contributed by atoms with van der Waals surface area (Å²) in [5.41, 5.74) is 8.04. The predicted molar refractivity (Wildman–Crippen MR) is 144 cm³/mol. The van der Waals surface area contributed by atoms with E-state index in [2.05, 4.69) is 29.8 Å². The van der Waals surface area contributed by atoms with E-state index in [1.807, 2.05) is 30.3 Å². The number of esters is 1. The molecule has 0 spiro atoms. The summed E-state index contributed by atoms with van der Waals surface area (Å²) >= 11 is 0. The highest BCUT2D eigenvalue weighted by atomic mass is 16.5. The van der Waals surface area contributed by atoms with Crippen LogP contribution in [0.2, 0.25) is 0 Å². The summed E-state index contributed by atoms with van der Waals surface area (Å²) in [5.74, 6) is -0.871. The van der Waals surface area contributed by atoms with Gasteiger partial charge in [0.05, 0.1) is 6.04 Å². The highest BCUT2D eigenvalue weighted by Crippen LogP contribution is 2.13. The zero-order valence-electron chi connectivity index (χ0n) is 22.0. The predicted octanol–water partition coefficient (Wildman–Crippen LogP) is 3.55. The van der Waals surface area contributed by atoms with E-state index >= 15 is 0 Å². The third kappa shape index (κ3) is 12.5. The maximum absolute atomic E-state index is 13.0. The summed E-state index contributed by atoms with van der Waals surface area (Å²) < 4.78 is 4.97. The van der Waals surface area contributed by atoms with Gasteiger partial charge >= 0.3 is 5.97 Å². The summed E-state index contributed by atoms with van der Waals surface area (Å²) in [6, 6.07) is 15.6. The lowest BCUT2D eigenvalue weighted by atomic mass is 10.0. The van der Waals surface area contributed by atoms with Gasteiger partial charge in [0.1, 0.15) is 12.6 Å². The molecule has 2 aromatic carbocycles. The molecule has 0 aliphatic heterocycles. The molecule has 2 amide bonds. The van der Waals surface area contributed by atoms with Crippen molar-refractivity contribution in [3.63, 3.8) is 0 Å². The maximum atomic E-state index is 13.0. The fourth-order valence-corrected chi connectivity index (χ4v) is 3.31. The van der Waals surface area contributed by atoms with E-state index in [9.17, 15) is 14.4 Å². The van der Waals surface area contributed by atoms with Crippen molar-refractivity contribution in [3.05, 3.63) is 65.7 Å². The highest BCUT2D eigenvalue weighted by molar-refractivity contribution is 5.97. The second-order valence-corrected chi connectivity index (χ2v) is 8.55. The summed E-state index contributed by atoms with van der Waals surface area (Å²) in [7, 11) is 1.73. The lowest BCUT2D eigenvalue weighted by molar-refractivity contribution is -0.142. The monoisotopic (exact) mass is 498 g/mol. The third-order valence-electron chi connectivity index (χ3n) is 5.19. The molecule has 0 radical (unpaired) electrons. The van der Waals surface area contributed by atoms with Gasteiger partial charge in [-0.2, -0.15) is 0 Å². The van der Waals surface area contributed by atoms with E-state index in [-0.39, 0.29) is 24.4 Å². The second-order valence-electron chi connectivity index (χ2n) is 8.55. The third-order valence-corrected chi connectivity index (χ3v) is 5.19. The maximum Gasteiger partial charge on any atom is 0.302 e. The molecule has 0 heterocycles. The van der Waals surface area contributed by atoms with Crippen molar-refractivity contribution in [1.82, 2.24) is 10.6 Å². The number of carbonyl (C=O) groups is 3. The zero-order valence-corrected chi connectivity index (χ0v) is 22.0. The van der Waals surface area contributed by atoms with Crippen LogP contribution in [0.3, 0.4) is 0 Å². The molecule has 1 unspecified atom stereocenters. The number of amides is 2. The van der Waals surface area contributed by atoms with E-state index in [0.29, 0.717) is 25.1 Å². The fraction of sp³-hybridized carbons (Fsp3) is 0.464. The van der Waals surface area contributed by atoms with Crippen molar-refractivity contribution in [2.24, 2.45) is 5.73 Å². The van der Waals surface area contributed by atoms with Crippen molar-refractivity contribution in [2.75, 3.05) is 18.9 Å². The first-order valence-corrected chi connectivity index (χ1v) is 12.6. The molecule has 36 heavy (non-hydrogen) atoms. The topological polar surface area (TPSA) is 123 Å². The van der Waals surface area contributed by atoms with Crippen LogP contribution in [-0.2, 0) is 32.1 Å². The quantitative estimate of drug-likeness (QED) is 0.247. The summed E-state index contributed by atoms with van der Waals surface area (Å²) in [5, 5.41) is 8.80. The number of unbranched alkanes of at least 4 members (excludes halogenated alkanes) is 1. The average Bonchev–Trinajstić information content (AvgIpc) is 2.87. The van der Waals surface area contributed by atoms with Gasteiger partial charge < -0.3 is 26.4 Å². The van der Waals surface area contributed by atoms with Crippen molar-refractivity contribution < 1.29 is 19.1 Å². The standard InChI is InChI=1S/C25H34N4O4.C3H8/c1-18(30)33-17-20-11-13-21(14-12-20)28-24(31)22(10-6-7-15-26)29-25(32)23(27-2)16-19-8-4-3-5-9-19;1-3-2/h3-5,8-9,11-14,22-23,27H,6-7,10,15-17,26H2,1-2H3,(H,28,31)(H,29,32);3H2,1-2H3/t22-,23?;/m0./s1. The molecule has 2 aromatic rings. The molecule has 0 aliphatic carbocycles. The van der Waals surface area contributed by atoms with E-state index < -0.39 is 12.1 Å². The minimum atomic E-state index is -0.684. The van der Waals surface area contributed by atoms with Crippen LogP contribution in [0.1, 0.15) is 57.6 Å². The first kappa shape index (κ1) is 30.8. The van der Waals surface area contributed by atoms with Gasteiger partial charge in [0, 0.05) is 12.6 Å². The van der Waals surface area contributed by atoms with Gasteiger partial charge in [0.15, 0.2) is 0 Å². The zero-order chi connectivity index (χ0) is 26.8. The molecular weight excluding hydrogens is 456 g/mol. The molecule has 0 fully saturated rings. The van der Waals surface area contributed by atoms with Crippen molar-refractivity contribution in [3.8, 4) is 0 Å². The number of hydrogen-bond acceptors (Lipinski definition) is 6. The van der Waals surface area contributed by atoms with Gasteiger partial charge in [-0.1, -0.05) is 62.7 Å². The summed E-state index contributed by atoms with van der Waals surface area (Å²) in [6.45, 7) is 6.31. The molecule has 0 aliphatic rings. The molecule has 5 N–H and O–H groups in total. The van der Waals surface area contributed by atoms with Crippen LogP contribution in [0.25, 0.3) is 0 Å². The Labute approximate surface area is 215 Å². The van der Waals surface area contributed by atoms with Crippen LogP contribution in [-0.4, -0.2) is 43.5 Å². The lowest BCUT2D eigenvalue weighted by Crippen LogP contribution is -2.51. The van der Waals surface area contributed by atoms with Gasteiger partial charge in [-0.25, -0.2) is 0 Å². The van der Waals surface area contributed by atoms with Gasteiger partial charge in [-0.05, 0) is 62.5 Å². The minimum absolute atomic E-state index is 0.175. The number of benzene rings is 2. The number of rotatable bonds is 13. The first-order chi connectivity index (χ1) is 17.3. The van der Waals surface area contributed by atoms with Crippen LogP contribution in [0.15, 0.2) is 54.6 Å². The van der Waals surface area contributed by atoms with Gasteiger partial charge in [-0.3, -0.25) is 14.4 Å². The molecular formula is C28H42N4O4. The Balaban J connectivity index is 0.00000205. The molecule has 8 heteroatoms. The number of carbonyl (C=O) groups excluding carboxylic acids is 3. The number of anilines is 1. The van der Waals surface area contributed by atoms with Crippen molar-refractivity contribution in [1.29, 1.82) is 0 Å². The summed E-state index contributed by atoms with van der Waals surface area (Å²) in [4.78, 5) is 36.8. The fourth-order valence-electron chi connectivity index (χ4n) is 3.31. The molecule has 8 nitrogen and oxygen atoms in total. The average molecular weight is 499 g/mol. The number of hydrogen-bond donors (Lipinski definition) is 4. The van der Waals surface area contributed by atoms with Crippen molar-refractivity contribution in [2.45, 2.75) is 71.6 Å². The Morgan fingerprint density at radius 2 is 1.53 bits per heavy atom. The van der Waals surface area contributed by atoms with Crippen LogP contribution in [0.5, 0.6) is 0 Å². The lowest BCUT2D eigenvalue weighted by Gasteiger charge is -2.22. The first-order valence-electron chi connectivity index (χ1n) is 12.6. The highest BCUT2D eigenvalue weighted by Gasteiger charge is 2.25. The van der Waals surface area contributed by atoms with E-state index in [0.717, 1.165) is 24.0 Å². The molecule has 2 atom stereocenters. The van der Waals surface area contributed by atoms with E-state index in [1.54, 1.807) is 31.3 Å². The van der Waals surface area contributed by atoms with Gasteiger partial charge in [-0.15, -0.1) is 0 Å². The van der Waals surface area contributed by atoms with Gasteiger partial charge in [0.2, 0.25) is 11.8 Å². The van der Waals surface area contributed by atoms with Gasteiger partial charge in [0.25, 0.3) is 0 Å². The molecule has 0 bridgehead atoms. The number of ether oxygens (including phenoxy) is 1. The van der Waals surface area contributed by atoms with Crippen LogP contribution in [0.4, 0.5) is 5.69 Å². The smallest absolute Gasteiger partial charge is 0.302 e. The second kappa shape index (κ2) is 18.1. The number of nitrogens with two attached hydrogens (primary N) is 1. The Bertz CT molecular complexity index is 904.